The molecule has 0 aromatic carbocycles. The molecule has 15 heteroatoms. The second kappa shape index (κ2) is 21.1. The van der Waals surface area contributed by atoms with Crippen LogP contribution in [0.3, 0.4) is 0 Å². The third-order valence-electron chi connectivity index (χ3n) is 4.11. The molecule has 0 saturated carbocycles. The van der Waals surface area contributed by atoms with Crippen molar-refractivity contribution in [1.29, 1.82) is 0 Å². The molecule has 0 radical (unpaired) electrons. The van der Waals surface area contributed by atoms with Gasteiger partial charge in [-0.25, -0.2) is 14.4 Å². The van der Waals surface area contributed by atoms with E-state index < -0.39 is 41.4 Å². The van der Waals surface area contributed by atoms with Crippen molar-refractivity contribution in [3.05, 3.63) is 0 Å². The summed E-state index contributed by atoms with van der Waals surface area (Å²) in [6.45, 7) is 12.0. The highest BCUT2D eigenvalue weighted by Gasteiger charge is 2.21. The monoisotopic (exact) mass is 581 g/mol. The van der Waals surface area contributed by atoms with Crippen LogP contribution in [0.4, 0.5) is 9.59 Å². The summed E-state index contributed by atoms with van der Waals surface area (Å²) in [7, 11) is 0. The summed E-state index contributed by atoms with van der Waals surface area (Å²) < 4.78 is 36.7. The average Bonchev–Trinajstić information content (AvgIpc) is 2.81. The fraction of sp³-hybridized carbons (Fsp3) is 0.840. The van der Waals surface area contributed by atoms with Crippen molar-refractivity contribution < 1.29 is 57.4 Å². The SMILES string of the molecule is CC(C)(C)OC(=O)NCC(CNC(=O)OC(C)(C)C)OCC(=O)NCCOCCOCCOCCOCC(=O)O. The number of hydrogen-bond acceptors (Lipinski definition) is 11. The molecule has 0 atom stereocenters. The van der Waals surface area contributed by atoms with E-state index >= 15 is 0 Å². The lowest BCUT2D eigenvalue weighted by Gasteiger charge is -2.23. The van der Waals surface area contributed by atoms with Crippen molar-refractivity contribution in [2.75, 3.05) is 79.1 Å². The normalized spacial score (nSPS) is 11.7. The molecule has 0 aromatic rings. The molecule has 3 amide bonds. The number of nitrogens with one attached hydrogen (secondary N) is 3. The molecule has 0 unspecified atom stereocenters. The van der Waals surface area contributed by atoms with Gasteiger partial charge in [0.1, 0.15) is 24.4 Å². The van der Waals surface area contributed by atoms with Crippen LogP contribution < -0.4 is 16.0 Å². The highest BCUT2D eigenvalue weighted by Crippen LogP contribution is 2.07. The Morgan fingerprint density at radius 2 is 1.05 bits per heavy atom. The quantitative estimate of drug-likeness (QED) is 0.139. The Hall–Kier alpha value is -2.72. The van der Waals surface area contributed by atoms with Crippen LogP contribution >= 0.6 is 0 Å². The van der Waals surface area contributed by atoms with Crippen LogP contribution in [-0.4, -0.2) is 126 Å². The van der Waals surface area contributed by atoms with E-state index in [0.717, 1.165) is 0 Å². The zero-order valence-corrected chi connectivity index (χ0v) is 24.5. The van der Waals surface area contributed by atoms with Crippen molar-refractivity contribution in [3.63, 3.8) is 0 Å². The second-order valence-electron chi connectivity index (χ2n) is 10.3. The van der Waals surface area contributed by atoms with Crippen molar-refractivity contribution in [2.45, 2.75) is 58.8 Å². The summed E-state index contributed by atoms with van der Waals surface area (Å²) in [5, 5.41) is 16.2. The lowest BCUT2D eigenvalue weighted by Crippen LogP contribution is -2.45. The Bertz CT molecular complexity index is 706. The number of carboxylic acids is 1. The average molecular weight is 582 g/mol. The first-order valence-corrected chi connectivity index (χ1v) is 13.0. The molecule has 0 heterocycles. The number of carbonyl (C=O) groups excluding carboxylic acids is 3. The largest absolute Gasteiger partial charge is 0.480 e. The fourth-order valence-electron chi connectivity index (χ4n) is 2.54. The van der Waals surface area contributed by atoms with Gasteiger partial charge < -0.3 is 54.2 Å². The van der Waals surface area contributed by atoms with E-state index in [1.54, 1.807) is 41.5 Å². The molecule has 4 N–H and O–H groups in total. The predicted molar refractivity (Wildman–Crippen MR) is 142 cm³/mol. The van der Waals surface area contributed by atoms with Crippen molar-refractivity contribution >= 4 is 24.1 Å². The minimum atomic E-state index is -1.03. The first-order chi connectivity index (χ1) is 18.7. The van der Waals surface area contributed by atoms with Crippen LogP contribution in [0.2, 0.25) is 0 Å². The van der Waals surface area contributed by atoms with E-state index in [1.807, 2.05) is 0 Å². The molecular formula is C25H47N3O12. The molecule has 0 aliphatic carbocycles. The van der Waals surface area contributed by atoms with E-state index in [4.69, 9.17) is 38.3 Å². The second-order valence-corrected chi connectivity index (χ2v) is 10.3. The molecule has 0 aliphatic heterocycles. The summed E-state index contributed by atoms with van der Waals surface area (Å²) in [5.74, 6) is -1.43. The number of alkyl carbamates (subject to hydrolysis) is 2. The number of amides is 3. The maximum atomic E-state index is 12.1. The molecule has 0 aromatic heterocycles. The molecule has 0 bridgehead atoms. The minimum Gasteiger partial charge on any atom is -0.480 e. The molecule has 15 nitrogen and oxygen atoms in total. The maximum Gasteiger partial charge on any atom is 0.407 e. The van der Waals surface area contributed by atoms with Gasteiger partial charge in [0.2, 0.25) is 5.91 Å². The zero-order valence-electron chi connectivity index (χ0n) is 24.5. The zero-order chi connectivity index (χ0) is 30.4. The van der Waals surface area contributed by atoms with Gasteiger partial charge in [-0.1, -0.05) is 0 Å². The lowest BCUT2D eigenvalue weighted by molar-refractivity contribution is -0.142. The van der Waals surface area contributed by atoms with E-state index in [0.29, 0.717) is 26.4 Å². The van der Waals surface area contributed by atoms with Gasteiger partial charge in [0.05, 0.1) is 52.4 Å². The topological polar surface area (TPSA) is 189 Å². The van der Waals surface area contributed by atoms with Gasteiger partial charge in [-0.2, -0.15) is 0 Å². The third kappa shape index (κ3) is 26.9. The van der Waals surface area contributed by atoms with Gasteiger partial charge in [-0.05, 0) is 41.5 Å². The van der Waals surface area contributed by atoms with Crippen molar-refractivity contribution in [3.8, 4) is 0 Å². The first-order valence-electron chi connectivity index (χ1n) is 13.0. The Kier molecular flexibility index (Phi) is 19.6. The van der Waals surface area contributed by atoms with Crippen LogP contribution in [-0.2, 0) is 42.7 Å². The van der Waals surface area contributed by atoms with Gasteiger partial charge in [-0.15, -0.1) is 0 Å². The van der Waals surface area contributed by atoms with Crippen LogP contribution in [0.5, 0.6) is 0 Å². The van der Waals surface area contributed by atoms with E-state index in [-0.39, 0.29) is 52.7 Å². The molecule has 0 spiro atoms. The first kappa shape index (κ1) is 37.3. The summed E-state index contributed by atoms with van der Waals surface area (Å²) in [4.78, 5) is 46.4. The van der Waals surface area contributed by atoms with Crippen LogP contribution in [0, 0.1) is 0 Å². The molecule has 0 rings (SSSR count). The number of ether oxygens (including phenoxy) is 7. The molecule has 0 saturated heterocycles. The van der Waals surface area contributed by atoms with Crippen molar-refractivity contribution in [2.24, 2.45) is 0 Å². The van der Waals surface area contributed by atoms with Gasteiger partial charge in [0.25, 0.3) is 0 Å². The number of aliphatic carboxylic acids is 1. The minimum absolute atomic E-state index is 0.00928. The number of rotatable bonds is 21. The molecule has 0 fully saturated rings. The fourth-order valence-corrected chi connectivity index (χ4v) is 2.54. The lowest BCUT2D eigenvalue weighted by atomic mass is 10.2. The number of carboxylic acid groups (broad SMARTS) is 1. The summed E-state index contributed by atoms with van der Waals surface area (Å²) in [6.07, 6.45) is -2.03. The van der Waals surface area contributed by atoms with Crippen LogP contribution in [0.15, 0.2) is 0 Å². The van der Waals surface area contributed by atoms with Crippen LogP contribution in [0.1, 0.15) is 41.5 Å². The molecule has 0 aliphatic rings. The highest BCUT2D eigenvalue weighted by atomic mass is 16.6. The Morgan fingerprint density at radius 1 is 0.625 bits per heavy atom. The van der Waals surface area contributed by atoms with Crippen molar-refractivity contribution in [1.82, 2.24) is 16.0 Å². The van der Waals surface area contributed by atoms with E-state index in [2.05, 4.69) is 16.0 Å². The Balaban J connectivity index is 4.10. The summed E-state index contributed by atoms with van der Waals surface area (Å²) in [5.41, 5.74) is -1.36. The predicted octanol–water partition coefficient (Wildman–Crippen LogP) is 0.688. The summed E-state index contributed by atoms with van der Waals surface area (Å²) in [6, 6.07) is 0. The van der Waals surface area contributed by atoms with Gasteiger partial charge in [0.15, 0.2) is 0 Å². The van der Waals surface area contributed by atoms with Gasteiger partial charge in [0, 0.05) is 19.6 Å². The third-order valence-corrected chi connectivity index (χ3v) is 4.11. The van der Waals surface area contributed by atoms with E-state index in [9.17, 15) is 19.2 Å². The standard InChI is InChI=1S/C25H47N3O12/c1-24(2,3)39-22(32)27-15-19(16-28-23(33)40-25(4,5)6)38-17-20(29)26-7-8-34-9-10-35-11-12-36-13-14-37-18-21(30)31/h19H,7-18H2,1-6H3,(H,26,29)(H,27,32)(H,28,33)(H,30,31). The molecule has 40 heavy (non-hydrogen) atoms. The van der Waals surface area contributed by atoms with Gasteiger partial charge >= 0.3 is 18.2 Å². The Labute approximate surface area is 235 Å². The summed E-state index contributed by atoms with van der Waals surface area (Å²) >= 11 is 0. The maximum absolute atomic E-state index is 12.1. The van der Waals surface area contributed by atoms with E-state index in [1.165, 1.54) is 0 Å². The molecule has 234 valence electrons. The smallest absolute Gasteiger partial charge is 0.407 e. The highest BCUT2D eigenvalue weighted by molar-refractivity contribution is 5.77. The number of hydrogen-bond donors (Lipinski definition) is 4. The van der Waals surface area contributed by atoms with Crippen LogP contribution in [0.25, 0.3) is 0 Å². The molecular weight excluding hydrogens is 534 g/mol. The van der Waals surface area contributed by atoms with Gasteiger partial charge in [-0.3, -0.25) is 4.79 Å². The number of carbonyl (C=O) groups is 4. The Morgan fingerprint density at radius 3 is 1.48 bits per heavy atom.